The van der Waals surface area contributed by atoms with Crippen molar-refractivity contribution in [3.63, 3.8) is 0 Å². The van der Waals surface area contributed by atoms with E-state index in [4.69, 9.17) is 0 Å². The number of benzene rings is 1. The molecule has 1 heterocycles. The van der Waals surface area contributed by atoms with E-state index in [9.17, 15) is 4.79 Å². The van der Waals surface area contributed by atoms with E-state index < -0.39 is 0 Å². The summed E-state index contributed by atoms with van der Waals surface area (Å²) in [4.78, 5) is 16.5. The summed E-state index contributed by atoms with van der Waals surface area (Å²) in [5.74, 6) is 0.0192. The Hall–Kier alpha value is -1.81. The van der Waals surface area contributed by atoms with Crippen LogP contribution >= 0.6 is 11.3 Å². The molecule has 1 atom stereocenters. The molecule has 0 spiro atoms. The number of thiophene rings is 1. The van der Waals surface area contributed by atoms with Gasteiger partial charge in [0.1, 0.15) is 0 Å². The fourth-order valence-corrected chi connectivity index (χ4v) is 3.11. The minimum Gasteiger partial charge on any atom is -0.377 e. The summed E-state index contributed by atoms with van der Waals surface area (Å²) in [7, 11) is 3.55. The van der Waals surface area contributed by atoms with Crippen molar-refractivity contribution in [1.29, 1.82) is 0 Å². The molecule has 1 amide bonds. The Morgan fingerprint density at radius 2 is 1.95 bits per heavy atom. The van der Waals surface area contributed by atoms with Gasteiger partial charge in [0, 0.05) is 29.5 Å². The van der Waals surface area contributed by atoms with E-state index in [1.165, 1.54) is 9.75 Å². The molecule has 0 saturated carbocycles. The van der Waals surface area contributed by atoms with E-state index in [0.29, 0.717) is 5.56 Å². The van der Waals surface area contributed by atoms with Gasteiger partial charge in [-0.3, -0.25) is 4.79 Å². The highest BCUT2D eigenvalue weighted by molar-refractivity contribution is 7.12. The van der Waals surface area contributed by atoms with Crippen LogP contribution in [0.15, 0.2) is 36.4 Å². The summed E-state index contributed by atoms with van der Waals surface area (Å²) in [6, 6.07) is 12.2. The number of carbonyl (C=O) groups excluding carboxylic acids is 1. The molecule has 1 aromatic heterocycles. The average molecular weight is 302 g/mol. The molecule has 0 radical (unpaired) electrons. The Bertz CT molecular complexity index is 619. The van der Waals surface area contributed by atoms with Crippen LogP contribution in [0.25, 0.3) is 0 Å². The number of aryl methyl sites for hydroxylation is 1. The molecule has 1 aromatic carbocycles. The molecule has 0 aliphatic carbocycles. The quantitative estimate of drug-likeness (QED) is 0.898. The third-order valence-electron chi connectivity index (χ3n) is 3.39. The monoisotopic (exact) mass is 302 g/mol. The van der Waals surface area contributed by atoms with Gasteiger partial charge in [-0.2, -0.15) is 0 Å². The molecular formula is C17H22N2OS. The maximum atomic E-state index is 12.2. The average Bonchev–Trinajstić information content (AvgIpc) is 2.96. The molecule has 0 aliphatic heterocycles. The van der Waals surface area contributed by atoms with Crippen LogP contribution in [0, 0.1) is 0 Å². The van der Waals surface area contributed by atoms with Crippen molar-refractivity contribution in [2.75, 3.05) is 19.4 Å². The SMILES string of the molecule is CCc1ccc(C(C)Nc2ccccc2C(=O)N(C)C)s1. The number of nitrogens with zero attached hydrogens (tertiary/aromatic N) is 1. The number of carbonyl (C=O) groups is 1. The second-order valence-corrected chi connectivity index (χ2v) is 6.47. The Labute approximate surface area is 130 Å². The highest BCUT2D eigenvalue weighted by Gasteiger charge is 2.15. The number of para-hydroxylation sites is 1. The van der Waals surface area contributed by atoms with Gasteiger partial charge in [-0.25, -0.2) is 0 Å². The van der Waals surface area contributed by atoms with Crippen LogP contribution < -0.4 is 5.32 Å². The predicted molar refractivity (Wildman–Crippen MR) is 90.2 cm³/mol. The summed E-state index contributed by atoms with van der Waals surface area (Å²) in [5, 5.41) is 3.46. The normalized spacial score (nSPS) is 12.0. The van der Waals surface area contributed by atoms with E-state index in [1.54, 1.807) is 19.0 Å². The molecule has 0 fully saturated rings. The largest absolute Gasteiger partial charge is 0.377 e. The maximum absolute atomic E-state index is 12.2. The zero-order valence-corrected chi connectivity index (χ0v) is 13.8. The van der Waals surface area contributed by atoms with Crippen molar-refractivity contribution in [3.05, 3.63) is 51.7 Å². The van der Waals surface area contributed by atoms with Crippen LogP contribution in [-0.2, 0) is 6.42 Å². The Balaban J connectivity index is 2.21. The molecule has 0 saturated heterocycles. The van der Waals surface area contributed by atoms with Gasteiger partial charge in [0.15, 0.2) is 0 Å². The van der Waals surface area contributed by atoms with Crippen molar-refractivity contribution < 1.29 is 4.79 Å². The molecule has 1 unspecified atom stereocenters. The predicted octanol–water partition coefficient (Wildman–Crippen LogP) is 4.19. The minimum absolute atomic E-state index is 0.0192. The van der Waals surface area contributed by atoms with Crippen molar-refractivity contribution in [2.24, 2.45) is 0 Å². The summed E-state index contributed by atoms with van der Waals surface area (Å²) in [6.45, 7) is 4.29. The topological polar surface area (TPSA) is 32.3 Å². The molecule has 0 bridgehead atoms. The lowest BCUT2D eigenvalue weighted by Gasteiger charge is -2.18. The van der Waals surface area contributed by atoms with Gasteiger partial charge in [0.2, 0.25) is 0 Å². The summed E-state index contributed by atoms with van der Waals surface area (Å²) in [5.41, 5.74) is 1.59. The lowest BCUT2D eigenvalue weighted by molar-refractivity contribution is 0.0828. The molecular weight excluding hydrogens is 280 g/mol. The van der Waals surface area contributed by atoms with E-state index in [1.807, 2.05) is 35.6 Å². The first kappa shape index (κ1) is 15.6. The highest BCUT2D eigenvalue weighted by Crippen LogP contribution is 2.28. The first-order chi connectivity index (χ1) is 10.0. The first-order valence-corrected chi connectivity index (χ1v) is 8.00. The van der Waals surface area contributed by atoms with Crippen LogP contribution in [-0.4, -0.2) is 24.9 Å². The van der Waals surface area contributed by atoms with Crippen LogP contribution in [0.5, 0.6) is 0 Å². The molecule has 21 heavy (non-hydrogen) atoms. The van der Waals surface area contributed by atoms with Gasteiger partial charge in [-0.1, -0.05) is 19.1 Å². The van der Waals surface area contributed by atoms with Crippen molar-refractivity contribution in [1.82, 2.24) is 4.90 Å². The summed E-state index contributed by atoms with van der Waals surface area (Å²) in [6.07, 6.45) is 1.06. The summed E-state index contributed by atoms with van der Waals surface area (Å²) < 4.78 is 0. The molecule has 0 aliphatic rings. The van der Waals surface area contributed by atoms with Gasteiger partial charge in [-0.05, 0) is 37.6 Å². The maximum Gasteiger partial charge on any atom is 0.255 e. The van der Waals surface area contributed by atoms with Gasteiger partial charge in [-0.15, -0.1) is 11.3 Å². The number of hydrogen-bond acceptors (Lipinski definition) is 3. The van der Waals surface area contributed by atoms with Crippen molar-refractivity contribution in [3.8, 4) is 0 Å². The van der Waals surface area contributed by atoms with E-state index in [2.05, 4.69) is 31.3 Å². The molecule has 3 nitrogen and oxygen atoms in total. The van der Waals surface area contributed by atoms with Crippen molar-refractivity contribution >= 4 is 22.9 Å². The van der Waals surface area contributed by atoms with Gasteiger partial charge >= 0.3 is 0 Å². The lowest BCUT2D eigenvalue weighted by Crippen LogP contribution is -2.23. The van der Waals surface area contributed by atoms with E-state index in [0.717, 1.165) is 12.1 Å². The number of amides is 1. The molecule has 4 heteroatoms. The van der Waals surface area contributed by atoms with Gasteiger partial charge in [0.25, 0.3) is 5.91 Å². The molecule has 1 N–H and O–H groups in total. The second-order valence-electron chi connectivity index (χ2n) is 5.27. The number of nitrogens with one attached hydrogen (secondary N) is 1. The zero-order valence-electron chi connectivity index (χ0n) is 13.0. The Kier molecular flexibility index (Phi) is 5.02. The molecule has 112 valence electrons. The molecule has 2 aromatic rings. The van der Waals surface area contributed by atoms with E-state index in [-0.39, 0.29) is 11.9 Å². The summed E-state index contributed by atoms with van der Waals surface area (Å²) >= 11 is 1.82. The number of anilines is 1. The fourth-order valence-electron chi connectivity index (χ4n) is 2.16. The fraction of sp³-hybridized carbons (Fsp3) is 0.353. The standard InChI is InChI=1S/C17H22N2OS/c1-5-13-10-11-16(21-13)12(2)18-15-9-7-6-8-14(15)17(20)19(3)4/h6-12,18H,5H2,1-4H3. The highest BCUT2D eigenvalue weighted by atomic mass is 32.1. The lowest BCUT2D eigenvalue weighted by atomic mass is 10.1. The van der Waals surface area contributed by atoms with E-state index >= 15 is 0 Å². The number of hydrogen-bond donors (Lipinski definition) is 1. The van der Waals surface area contributed by atoms with Crippen LogP contribution in [0.1, 0.15) is 40.0 Å². The first-order valence-electron chi connectivity index (χ1n) is 7.18. The third kappa shape index (κ3) is 3.64. The Morgan fingerprint density at radius 1 is 1.24 bits per heavy atom. The second kappa shape index (κ2) is 6.76. The smallest absolute Gasteiger partial charge is 0.255 e. The third-order valence-corrected chi connectivity index (χ3v) is 4.81. The Morgan fingerprint density at radius 3 is 2.57 bits per heavy atom. The number of rotatable bonds is 5. The van der Waals surface area contributed by atoms with Crippen molar-refractivity contribution in [2.45, 2.75) is 26.3 Å². The minimum atomic E-state index is 0.0192. The van der Waals surface area contributed by atoms with Crippen LogP contribution in [0.4, 0.5) is 5.69 Å². The van der Waals surface area contributed by atoms with Gasteiger partial charge < -0.3 is 10.2 Å². The van der Waals surface area contributed by atoms with Crippen LogP contribution in [0.2, 0.25) is 0 Å². The molecule has 2 rings (SSSR count). The zero-order chi connectivity index (χ0) is 15.4. The van der Waals surface area contributed by atoms with Gasteiger partial charge in [0.05, 0.1) is 11.6 Å². The van der Waals surface area contributed by atoms with Crippen LogP contribution in [0.3, 0.4) is 0 Å².